The van der Waals surface area contributed by atoms with Crippen LogP contribution in [0.1, 0.15) is 6.92 Å². The summed E-state index contributed by atoms with van der Waals surface area (Å²) >= 11 is 0. The second kappa shape index (κ2) is 24.5. The van der Waals surface area contributed by atoms with E-state index in [-0.39, 0.29) is 35.7 Å². The zero-order chi connectivity index (χ0) is 6.28. The van der Waals surface area contributed by atoms with Crippen LogP contribution in [0.4, 0.5) is 0 Å². The molecule has 0 saturated heterocycles. The molecule has 9 heavy (non-hydrogen) atoms. The molecule has 0 aromatic carbocycles. The van der Waals surface area contributed by atoms with E-state index in [9.17, 15) is 0 Å². The van der Waals surface area contributed by atoms with Crippen LogP contribution < -0.4 is 40.8 Å². The van der Waals surface area contributed by atoms with Crippen molar-refractivity contribution in [2.24, 2.45) is 0 Å². The van der Waals surface area contributed by atoms with Gasteiger partial charge in [0.15, 0.2) is 0 Å². The van der Waals surface area contributed by atoms with Gasteiger partial charge in [0.1, 0.15) is 0 Å². The molecule has 0 aliphatic carbocycles. The van der Waals surface area contributed by atoms with E-state index in [1.807, 2.05) is 0 Å². The summed E-state index contributed by atoms with van der Waals surface area (Å²) in [5.41, 5.74) is 0. The van der Waals surface area contributed by atoms with Crippen LogP contribution in [0, 0.1) is 11.2 Å². The Balaban J connectivity index is -0.0000000233. The zero-order valence-electron chi connectivity index (χ0n) is 5.97. The van der Waals surface area contributed by atoms with Crippen molar-refractivity contribution in [2.45, 2.75) is 6.92 Å². The maximum Gasteiger partial charge on any atom is 1.00 e. The Morgan fingerprint density at radius 1 is 1.78 bits per heavy atom. The third-order valence-corrected chi connectivity index (χ3v) is 0. The normalized spacial score (nSPS) is 3.56. The molecule has 0 saturated carbocycles. The first kappa shape index (κ1) is 23.1. The van der Waals surface area contributed by atoms with Crippen molar-refractivity contribution in [3.05, 3.63) is 0 Å². The van der Waals surface area contributed by atoms with Gasteiger partial charge >= 0.3 is 29.6 Å². The number of hydrogen-bond acceptors (Lipinski definition) is 4. The number of hydrogen-bond donors (Lipinski definition) is 1. The van der Waals surface area contributed by atoms with Crippen LogP contribution in [0.25, 0.3) is 0 Å². The quantitative estimate of drug-likeness (QED) is 0.339. The fourth-order valence-electron chi connectivity index (χ4n) is 0. The average molecular weight is 138 g/mol. The van der Waals surface area contributed by atoms with Crippen LogP contribution in [-0.2, 0) is 4.79 Å². The van der Waals surface area contributed by atoms with E-state index in [0.717, 1.165) is 6.92 Å². The molecule has 0 aromatic rings. The van der Waals surface area contributed by atoms with Crippen LogP contribution in [-0.4, -0.2) is 13.8 Å². The molecule has 4 nitrogen and oxygen atoms in total. The van der Waals surface area contributed by atoms with Gasteiger partial charge < -0.3 is 16.1 Å². The molecule has 0 aliphatic heterocycles. The third kappa shape index (κ3) is 1260000. The fourth-order valence-corrected chi connectivity index (χ4v) is 0. The maximum absolute atomic E-state index is 8.89. The zero-order valence-corrected chi connectivity index (χ0v) is 7.97. The predicted molar refractivity (Wildman–Crippen MR) is 29.9 cm³/mol. The molecule has 46 valence electrons. The Bertz CT molecular complexity index is 88.3. The van der Waals surface area contributed by atoms with E-state index in [0.29, 0.717) is 0 Å². The van der Waals surface area contributed by atoms with E-state index in [1.54, 1.807) is 5.97 Å². The average Bonchev–Trinajstić information content (AvgIpc) is 1.33. The first-order valence-electron chi connectivity index (χ1n) is 1.63. The Morgan fingerprint density at radius 3 is 1.78 bits per heavy atom. The van der Waals surface area contributed by atoms with E-state index in [4.69, 9.17) is 15.2 Å². The van der Waals surface area contributed by atoms with Gasteiger partial charge in [0.2, 0.25) is 7.85 Å². The molecular formula is C3H8BN2NaO2. The van der Waals surface area contributed by atoms with Crippen molar-refractivity contribution in [3.8, 4) is 5.97 Å². The molecule has 0 atom stereocenters. The number of rotatable bonds is 0. The molecule has 0 spiro atoms. The molecule has 0 amide bonds. The Kier molecular flexibility index (Phi) is 62.8. The van der Waals surface area contributed by atoms with Gasteiger partial charge in [-0.2, -0.15) is 0 Å². The van der Waals surface area contributed by atoms with E-state index in [2.05, 4.69) is 0 Å². The van der Waals surface area contributed by atoms with Gasteiger partial charge in [0.25, 0.3) is 0 Å². The molecule has 6 heteroatoms. The molecule has 0 aromatic heterocycles. The van der Waals surface area contributed by atoms with Gasteiger partial charge in [-0.3, -0.25) is 0 Å². The molecular weight excluding hydrogens is 130 g/mol. The summed E-state index contributed by atoms with van der Waals surface area (Å²) in [4.78, 5) is 8.89. The van der Waals surface area contributed by atoms with E-state index in [1.165, 1.54) is 7.85 Å². The third-order valence-electron chi connectivity index (χ3n) is 0. The summed E-state index contributed by atoms with van der Waals surface area (Å²) in [5.74, 6) is 0.667. The Labute approximate surface area is 77.5 Å². The van der Waals surface area contributed by atoms with Gasteiger partial charge in [-0.05, 0) is 12.9 Å². The largest absolute Gasteiger partial charge is 1.00 e. The smallest absolute Gasteiger partial charge is 0.550 e. The van der Waals surface area contributed by atoms with E-state index >= 15 is 0 Å². The van der Waals surface area contributed by atoms with Crippen molar-refractivity contribution >= 4 is 13.8 Å². The van der Waals surface area contributed by atoms with Crippen LogP contribution in [0.2, 0.25) is 0 Å². The Morgan fingerprint density at radius 2 is 1.78 bits per heavy atom. The van der Waals surface area contributed by atoms with Gasteiger partial charge in [0.05, 0.1) is 0 Å². The first-order valence-corrected chi connectivity index (χ1v) is 1.63. The SMILES string of the molecule is BC#N.CC(=O)[O-].N.[Na+]. The van der Waals surface area contributed by atoms with Crippen LogP contribution in [0.15, 0.2) is 0 Å². The van der Waals surface area contributed by atoms with Crippen molar-refractivity contribution < 1.29 is 39.5 Å². The molecule has 0 unspecified atom stereocenters. The number of carboxylic acids is 1. The second-order valence-corrected chi connectivity index (χ2v) is 0.715. The minimum absolute atomic E-state index is 0. The van der Waals surface area contributed by atoms with Crippen LogP contribution >= 0.6 is 0 Å². The minimum Gasteiger partial charge on any atom is -0.550 e. The summed E-state index contributed by atoms with van der Waals surface area (Å²) in [6.07, 6.45) is 0. The number of nitriles is 1. The maximum atomic E-state index is 8.89. The van der Waals surface area contributed by atoms with Crippen molar-refractivity contribution in [1.82, 2.24) is 6.15 Å². The molecule has 0 rings (SSSR count). The van der Waals surface area contributed by atoms with Crippen molar-refractivity contribution in [3.63, 3.8) is 0 Å². The number of carbonyl (C=O) groups excluding carboxylic acids is 1. The molecule has 0 bridgehead atoms. The van der Waals surface area contributed by atoms with Crippen molar-refractivity contribution in [1.29, 1.82) is 5.26 Å². The number of aliphatic carboxylic acids is 1. The molecule has 0 heterocycles. The number of nitrogens with zero attached hydrogens (tertiary/aromatic N) is 1. The Hall–Kier alpha value is -0.0151. The van der Waals surface area contributed by atoms with E-state index < -0.39 is 5.97 Å². The molecule has 0 radical (unpaired) electrons. The van der Waals surface area contributed by atoms with Gasteiger partial charge in [-0.15, -0.1) is 0 Å². The summed E-state index contributed by atoms with van der Waals surface area (Å²) in [6, 6.07) is 0. The van der Waals surface area contributed by atoms with Gasteiger partial charge in [-0.1, -0.05) is 0 Å². The van der Waals surface area contributed by atoms with Gasteiger partial charge in [0, 0.05) is 5.97 Å². The topological polar surface area (TPSA) is 98.9 Å². The second-order valence-electron chi connectivity index (χ2n) is 0.715. The first-order chi connectivity index (χ1) is 3.15. The van der Waals surface area contributed by atoms with Gasteiger partial charge in [-0.25, -0.2) is 5.26 Å². The molecule has 0 aliphatic rings. The molecule has 0 fully saturated rings. The minimum atomic E-state index is -1.08. The standard InChI is InChI=1S/C2H4O2.CH2BN.H3N.Na/c1-2(3)4;2-1-3;;/h1H3,(H,3,4);2H2;1H3;/q;;;+1/p-1. The molecule has 3 N–H and O–H groups in total. The van der Waals surface area contributed by atoms with Crippen LogP contribution in [0.5, 0.6) is 0 Å². The summed E-state index contributed by atoms with van der Waals surface area (Å²) < 4.78 is 0. The number of carboxylic acid groups (broad SMARTS) is 1. The fraction of sp³-hybridized carbons (Fsp3) is 0.333. The summed E-state index contributed by atoms with van der Waals surface area (Å²) in [7, 11) is 1.43. The summed E-state index contributed by atoms with van der Waals surface area (Å²) in [5, 5.41) is 16.2. The summed E-state index contributed by atoms with van der Waals surface area (Å²) in [6.45, 7) is 0.972. The predicted octanol–water partition coefficient (Wildman–Crippen LogP) is -4.98. The monoisotopic (exact) mass is 138 g/mol. The number of carbonyl (C=O) groups is 1. The van der Waals surface area contributed by atoms with Crippen LogP contribution in [0.3, 0.4) is 0 Å². The van der Waals surface area contributed by atoms with Crippen molar-refractivity contribution in [2.75, 3.05) is 0 Å².